The van der Waals surface area contributed by atoms with Gasteiger partial charge in [0.1, 0.15) is 0 Å². The monoisotopic (exact) mass is 273 g/mol. The lowest BCUT2D eigenvalue weighted by atomic mass is 10.1. The van der Waals surface area contributed by atoms with Crippen LogP contribution in [-0.2, 0) is 17.5 Å². The Kier molecular flexibility index (Phi) is 3.75. The second-order valence-electron chi connectivity index (χ2n) is 4.62. The molecule has 2 rings (SSSR count). The van der Waals surface area contributed by atoms with E-state index in [1.54, 1.807) is 4.90 Å². The van der Waals surface area contributed by atoms with Crippen molar-refractivity contribution in [3.05, 3.63) is 29.6 Å². The summed E-state index contributed by atoms with van der Waals surface area (Å²) < 4.78 is 37.1. The first kappa shape index (κ1) is 13.8. The quantitative estimate of drug-likeness (QED) is 0.905. The van der Waals surface area contributed by atoms with E-state index in [1.165, 1.54) is 6.07 Å². The first-order valence-corrected chi connectivity index (χ1v) is 5.90. The summed E-state index contributed by atoms with van der Waals surface area (Å²) in [5.74, 6) is 0.0964. The maximum absolute atomic E-state index is 12.4. The first-order chi connectivity index (χ1) is 8.90. The van der Waals surface area contributed by atoms with Crippen molar-refractivity contribution in [2.75, 3.05) is 13.1 Å². The van der Waals surface area contributed by atoms with Gasteiger partial charge < -0.3 is 10.6 Å². The number of likely N-dealkylation sites (tertiary alicyclic amines) is 1. The summed E-state index contributed by atoms with van der Waals surface area (Å²) in [5, 5.41) is 0. The number of pyridine rings is 1. The summed E-state index contributed by atoms with van der Waals surface area (Å²) in [6, 6.07) is 2.27. The zero-order chi connectivity index (χ0) is 14.0. The molecular formula is C12H14F3N3O. The molecule has 1 amide bonds. The van der Waals surface area contributed by atoms with Crippen LogP contribution >= 0.6 is 0 Å². The van der Waals surface area contributed by atoms with Gasteiger partial charge in [-0.3, -0.25) is 9.78 Å². The number of carbonyl (C=O) groups is 1. The van der Waals surface area contributed by atoms with Gasteiger partial charge in [-0.2, -0.15) is 13.2 Å². The Hall–Kier alpha value is -1.63. The number of nitrogens with two attached hydrogens (primary N) is 1. The van der Waals surface area contributed by atoms with Gasteiger partial charge in [-0.05, 0) is 24.6 Å². The molecule has 1 aliphatic heterocycles. The Morgan fingerprint density at radius 2 is 2.16 bits per heavy atom. The fraction of sp³-hybridized carbons (Fsp3) is 0.500. The zero-order valence-corrected chi connectivity index (χ0v) is 10.2. The molecule has 0 spiro atoms. The molecule has 1 aromatic rings. The van der Waals surface area contributed by atoms with E-state index >= 15 is 0 Å². The smallest absolute Gasteiger partial charge is 0.336 e. The van der Waals surface area contributed by atoms with Gasteiger partial charge in [0.25, 0.3) is 0 Å². The highest BCUT2D eigenvalue weighted by Gasteiger charge is 2.31. The lowest BCUT2D eigenvalue weighted by Crippen LogP contribution is -2.26. The molecule has 1 fully saturated rings. The molecule has 1 unspecified atom stereocenters. The minimum Gasteiger partial charge on any atom is -0.336 e. The normalized spacial score (nSPS) is 20.1. The average Bonchev–Trinajstić information content (AvgIpc) is 2.70. The third kappa shape index (κ3) is 3.23. The Labute approximate surface area is 108 Å². The van der Waals surface area contributed by atoms with Crippen LogP contribution in [-0.4, -0.2) is 28.9 Å². The Balaban J connectivity index is 2.02. The van der Waals surface area contributed by atoms with Gasteiger partial charge in [0.15, 0.2) is 0 Å². The molecule has 19 heavy (non-hydrogen) atoms. The van der Waals surface area contributed by atoms with E-state index in [-0.39, 0.29) is 18.4 Å². The van der Waals surface area contributed by atoms with Gasteiger partial charge in [0, 0.05) is 19.2 Å². The van der Waals surface area contributed by atoms with Crippen molar-refractivity contribution >= 4 is 5.91 Å². The van der Waals surface area contributed by atoms with Crippen LogP contribution < -0.4 is 5.73 Å². The molecule has 7 heteroatoms. The highest BCUT2D eigenvalue weighted by Crippen LogP contribution is 2.28. The van der Waals surface area contributed by atoms with Crippen LogP contribution in [0.1, 0.15) is 17.7 Å². The van der Waals surface area contributed by atoms with Gasteiger partial charge in [-0.1, -0.05) is 0 Å². The molecule has 0 aromatic carbocycles. The fourth-order valence-corrected chi connectivity index (χ4v) is 2.05. The Morgan fingerprint density at radius 1 is 1.42 bits per heavy atom. The highest BCUT2D eigenvalue weighted by molar-refractivity contribution is 5.78. The van der Waals surface area contributed by atoms with E-state index in [1.807, 2.05) is 0 Å². The molecule has 1 aliphatic rings. The van der Waals surface area contributed by atoms with Crippen molar-refractivity contribution in [2.45, 2.75) is 19.1 Å². The highest BCUT2D eigenvalue weighted by atomic mass is 19.4. The van der Waals surface area contributed by atoms with E-state index in [0.29, 0.717) is 25.2 Å². The standard InChI is InChI=1S/C12H14F3N3O/c13-12(14,15)9-1-2-10(17-5-9)7-18-6-8(4-16)3-11(18)19/h1-2,5,8H,3-4,6-7,16H2. The zero-order valence-electron chi connectivity index (χ0n) is 10.2. The molecule has 0 radical (unpaired) electrons. The van der Waals surface area contributed by atoms with Crippen molar-refractivity contribution in [3.63, 3.8) is 0 Å². The molecule has 2 heterocycles. The average molecular weight is 273 g/mol. The van der Waals surface area contributed by atoms with Crippen LogP contribution in [0.25, 0.3) is 0 Å². The number of carbonyl (C=O) groups excluding carboxylic acids is 1. The molecule has 0 aliphatic carbocycles. The number of hydrogen-bond donors (Lipinski definition) is 1. The predicted octanol–water partition coefficient (Wildman–Crippen LogP) is 1.41. The van der Waals surface area contributed by atoms with Gasteiger partial charge in [-0.15, -0.1) is 0 Å². The van der Waals surface area contributed by atoms with Crippen molar-refractivity contribution < 1.29 is 18.0 Å². The van der Waals surface area contributed by atoms with Crippen LogP contribution in [0.5, 0.6) is 0 Å². The predicted molar refractivity (Wildman–Crippen MR) is 61.8 cm³/mol. The number of alkyl halides is 3. The summed E-state index contributed by atoms with van der Waals surface area (Å²) in [5.41, 5.74) is 5.16. The van der Waals surface area contributed by atoms with Gasteiger partial charge in [-0.25, -0.2) is 0 Å². The molecule has 104 valence electrons. The second-order valence-corrected chi connectivity index (χ2v) is 4.62. The second kappa shape index (κ2) is 5.16. The van der Waals surface area contributed by atoms with Crippen molar-refractivity contribution in [2.24, 2.45) is 11.7 Å². The topological polar surface area (TPSA) is 59.2 Å². The lowest BCUT2D eigenvalue weighted by Gasteiger charge is -2.16. The Morgan fingerprint density at radius 3 is 2.63 bits per heavy atom. The summed E-state index contributed by atoms with van der Waals surface area (Å²) in [4.78, 5) is 17.0. The lowest BCUT2D eigenvalue weighted by molar-refractivity contribution is -0.138. The van der Waals surface area contributed by atoms with Crippen LogP contribution in [0, 0.1) is 5.92 Å². The number of aromatic nitrogens is 1. The molecule has 0 saturated carbocycles. The summed E-state index contributed by atoms with van der Waals surface area (Å²) in [6.45, 7) is 1.20. The third-order valence-electron chi connectivity index (χ3n) is 3.13. The molecular weight excluding hydrogens is 259 g/mol. The molecule has 1 atom stereocenters. The summed E-state index contributed by atoms with van der Waals surface area (Å²) >= 11 is 0. The van der Waals surface area contributed by atoms with E-state index in [9.17, 15) is 18.0 Å². The van der Waals surface area contributed by atoms with Crippen LogP contribution in [0.4, 0.5) is 13.2 Å². The SMILES string of the molecule is NCC1CC(=O)N(Cc2ccc(C(F)(F)F)cn2)C1. The van der Waals surface area contributed by atoms with Crippen LogP contribution in [0.3, 0.4) is 0 Å². The maximum atomic E-state index is 12.4. The summed E-state index contributed by atoms with van der Waals surface area (Å²) in [7, 11) is 0. The number of halogens is 3. The van der Waals surface area contributed by atoms with E-state index in [2.05, 4.69) is 4.98 Å². The molecule has 4 nitrogen and oxygen atoms in total. The molecule has 1 saturated heterocycles. The summed E-state index contributed by atoms with van der Waals surface area (Å²) in [6.07, 6.45) is -3.20. The number of amides is 1. The molecule has 1 aromatic heterocycles. The van der Waals surface area contributed by atoms with Gasteiger partial charge in [0.2, 0.25) is 5.91 Å². The van der Waals surface area contributed by atoms with Gasteiger partial charge >= 0.3 is 6.18 Å². The maximum Gasteiger partial charge on any atom is 0.417 e. The van der Waals surface area contributed by atoms with E-state index < -0.39 is 11.7 Å². The van der Waals surface area contributed by atoms with Crippen LogP contribution in [0.2, 0.25) is 0 Å². The van der Waals surface area contributed by atoms with E-state index in [4.69, 9.17) is 5.73 Å². The van der Waals surface area contributed by atoms with Crippen LogP contribution in [0.15, 0.2) is 18.3 Å². The number of hydrogen-bond acceptors (Lipinski definition) is 3. The van der Waals surface area contributed by atoms with Crippen molar-refractivity contribution in [1.29, 1.82) is 0 Å². The van der Waals surface area contributed by atoms with Gasteiger partial charge in [0.05, 0.1) is 17.8 Å². The fourth-order valence-electron chi connectivity index (χ4n) is 2.05. The first-order valence-electron chi connectivity index (χ1n) is 5.90. The Bertz CT molecular complexity index is 458. The minimum absolute atomic E-state index is 0.0304. The van der Waals surface area contributed by atoms with E-state index in [0.717, 1.165) is 12.3 Å². The van der Waals surface area contributed by atoms with Crippen molar-refractivity contribution in [3.8, 4) is 0 Å². The minimum atomic E-state index is -4.39. The number of rotatable bonds is 3. The molecule has 2 N–H and O–H groups in total. The van der Waals surface area contributed by atoms with Crippen molar-refractivity contribution in [1.82, 2.24) is 9.88 Å². The largest absolute Gasteiger partial charge is 0.417 e. The molecule has 0 bridgehead atoms. The third-order valence-corrected chi connectivity index (χ3v) is 3.13. The number of nitrogens with zero attached hydrogens (tertiary/aromatic N) is 2.